The van der Waals surface area contributed by atoms with Crippen molar-refractivity contribution in [2.45, 2.75) is 43.2 Å². The highest BCUT2D eigenvalue weighted by Gasteiger charge is 2.31. The summed E-state index contributed by atoms with van der Waals surface area (Å²) in [6, 6.07) is 4.54. The van der Waals surface area contributed by atoms with Gasteiger partial charge in [0.05, 0.1) is 5.92 Å². The second kappa shape index (κ2) is 7.22. The number of para-hydroxylation sites is 1. The Hall–Kier alpha value is -1.74. The van der Waals surface area contributed by atoms with E-state index in [4.69, 9.17) is 5.11 Å². The van der Waals surface area contributed by atoms with Gasteiger partial charge in [0.15, 0.2) is 0 Å². The first-order valence-electron chi connectivity index (χ1n) is 7.08. The van der Waals surface area contributed by atoms with E-state index in [0.29, 0.717) is 19.3 Å². The summed E-state index contributed by atoms with van der Waals surface area (Å²) >= 11 is 0. The lowest BCUT2D eigenvalue weighted by molar-refractivity contribution is -0.143. The molecule has 2 N–H and O–H groups in total. The largest absolute Gasteiger partial charge is 0.481 e. The molecule has 1 aromatic rings. The molecule has 0 aromatic heterocycles. The predicted molar refractivity (Wildman–Crippen MR) is 76.8 cm³/mol. The highest BCUT2D eigenvalue weighted by atomic mass is 32.2. The smallest absolute Gasteiger partial charge is 0.387 e. The monoisotopic (exact) mass is 349 g/mol. The summed E-state index contributed by atoms with van der Waals surface area (Å²) in [6.45, 7) is -3.14. The molecule has 0 amide bonds. The minimum atomic E-state index is -4.09. The summed E-state index contributed by atoms with van der Waals surface area (Å²) < 4.78 is 56.2. The van der Waals surface area contributed by atoms with Gasteiger partial charge in [-0.25, -0.2) is 13.1 Å². The quantitative estimate of drug-likeness (QED) is 0.821. The molecule has 1 saturated carbocycles. The Morgan fingerprint density at radius 1 is 1.30 bits per heavy atom. The second-order valence-corrected chi connectivity index (χ2v) is 7.03. The van der Waals surface area contributed by atoms with Crippen LogP contribution in [-0.2, 0) is 14.8 Å². The van der Waals surface area contributed by atoms with Crippen LogP contribution in [0.25, 0.3) is 0 Å². The number of alkyl halides is 2. The van der Waals surface area contributed by atoms with Crippen molar-refractivity contribution in [1.82, 2.24) is 4.72 Å². The fraction of sp³-hybridized carbons (Fsp3) is 0.500. The average molecular weight is 349 g/mol. The zero-order valence-corrected chi connectivity index (χ0v) is 12.9. The van der Waals surface area contributed by atoms with Crippen LogP contribution in [0.2, 0.25) is 0 Å². The standard InChI is InChI=1S/C14H17F2NO5S/c15-14(16)22-11-6-1-2-7-12(11)23(20,21)17-10-5-3-4-9(8-10)13(18)19/h1-2,6-7,9-10,14,17H,3-5,8H2,(H,18,19)/t9-,10+/m1/s1. The Kier molecular flexibility index (Phi) is 5.53. The van der Waals surface area contributed by atoms with Crippen molar-refractivity contribution in [3.8, 4) is 5.75 Å². The van der Waals surface area contributed by atoms with Crippen molar-refractivity contribution < 1.29 is 31.8 Å². The minimum Gasteiger partial charge on any atom is -0.481 e. The molecular formula is C14H17F2NO5S. The molecule has 9 heteroatoms. The van der Waals surface area contributed by atoms with E-state index < -0.39 is 45.2 Å². The molecule has 2 rings (SSSR count). The van der Waals surface area contributed by atoms with Gasteiger partial charge in [0.25, 0.3) is 0 Å². The van der Waals surface area contributed by atoms with Gasteiger partial charge in [-0.2, -0.15) is 8.78 Å². The molecule has 1 aromatic carbocycles. The minimum absolute atomic E-state index is 0.173. The van der Waals surface area contributed by atoms with E-state index in [-0.39, 0.29) is 6.42 Å². The molecule has 23 heavy (non-hydrogen) atoms. The van der Waals surface area contributed by atoms with Gasteiger partial charge in [0.1, 0.15) is 10.6 Å². The van der Waals surface area contributed by atoms with E-state index in [2.05, 4.69) is 9.46 Å². The number of hydrogen-bond donors (Lipinski definition) is 2. The Balaban J connectivity index is 2.17. The fourth-order valence-electron chi connectivity index (χ4n) is 2.67. The summed E-state index contributed by atoms with van der Waals surface area (Å²) in [5, 5.41) is 9.03. The van der Waals surface area contributed by atoms with E-state index in [1.165, 1.54) is 12.1 Å². The number of nitrogens with one attached hydrogen (secondary N) is 1. The zero-order valence-electron chi connectivity index (χ0n) is 12.1. The molecule has 0 spiro atoms. The molecule has 0 saturated heterocycles. The Morgan fingerprint density at radius 3 is 2.65 bits per heavy atom. The molecule has 0 radical (unpaired) electrons. The SMILES string of the molecule is O=C(O)[C@@H]1CCC[C@H](NS(=O)(=O)c2ccccc2OC(F)F)C1. The van der Waals surface area contributed by atoms with E-state index >= 15 is 0 Å². The van der Waals surface area contributed by atoms with Crippen LogP contribution in [0.3, 0.4) is 0 Å². The van der Waals surface area contributed by atoms with Crippen molar-refractivity contribution in [1.29, 1.82) is 0 Å². The number of hydrogen-bond acceptors (Lipinski definition) is 4. The molecular weight excluding hydrogens is 332 g/mol. The van der Waals surface area contributed by atoms with Crippen molar-refractivity contribution in [3.63, 3.8) is 0 Å². The summed E-state index contributed by atoms with van der Waals surface area (Å²) in [7, 11) is -4.09. The van der Waals surface area contributed by atoms with Crippen LogP contribution in [-0.4, -0.2) is 32.1 Å². The molecule has 1 fully saturated rings. The maximum Gasteiger partial charge on any atom is 0.387 e. The fourth-order valence-corrected chi connectivity index (χ4v) is 4.09. The topological polar surface area (TPSA) is 92.7 Å². The highest BCUT2D eigenvalue weighted by Crippen LogP contribution is 2.28. The first-order valence-corrected chi connectivity index (χ1v) is 8.57. The second-order valence-electron chi connectivity index (χ2n) is 5.35. The van der Waals surface area contributed by atoms with Crippen molar-refractivity contribution >= 4 is 16.0 Å². The summed E-state index contributed by atoms with van der Waals surface area (Å²) in [5.41, 5.74) is 0. The van der Waals surface area contributed by atoms with Gasteiger partial charge in [-0.1, -0.05) is 18.6 Å². The van der Waals surface area contributed by atoms with Crippen LogP contribution in [0.15, 0.2) is 29.2 Å². The number of sulfonamides is 1. The van der Waals surface area contributed by atoms with Crippen molar-refractivity contribution in [2.75, 3.05) is 0 Å². The third kappa shape index (κ3) is 4.61. The Labute approximate surface area is 132 Å². The molecule has 0 bridgehead atoms. The number of benzene rings is 1. The maximum atomic E-state index is 12.4. The van der Waals surface area contributed by atoms with Crippen LogP contribution >= 0.6 is 0 Å². The summed E-state index contributed by atoms with van der Waals surface area (Å²) in [6.07, 6.45) is 1.76. The first kappa shape index (κ1) is 17.6. The van der Waals surface area contributed by atoms with Gasteiger partial charge in [-0.05, 0) is 31.4 Å². The third-order valence-electron chi connectivity index (χ3n) is 3.70. The van der Waals surface area contributed by atoms with Gasteiger partial charge >= 0.3 is 12.6 Å². The van der Waals surface area contributed by atoms with Gasteiger partial charge < -0.3 is 9.84 Å². The molecule has 0 unspecified atom stereocenters. The van der Waals surface area contributed by atoms with Crippen molar-refractivity contribution in [2.24, 2.45) is 5.92 Å². The predicted octanol–water partition coefficient (Wildman–Crippen LogP) is 2.21. The van der Waals surface area contributed by atoms with Crippen LogP contribution in [0.1, 0.15) is 25.7 Å². The maximum absolute atomic E-state index is 12.4. The van der Waals surface area contributed by atoms with Crippen LogP contribution in [0.5, 0.6) is 5.75 Å². The first-order chi connectivity index (χ1) is 10.8. The molecule has 0 heterocycles. The Bertz CT molecular complexity index is 665. The number of halogens is 2. The van der Waals surface area contributed by atoms with Gasteiger partial charge in [0, 0.05) is 6.04 Å². The number of carboxylic acid groups (broad SMARTS) is 1. The lowest BCUT2D eigenvalue weighted by Crippen LogP contribution is -2.40. The van der Waals surface area contributed by atoms with E-state index in [1.54, 1.807) is 0 Å². The van der Waals surface area contributed by atoms with Gasteiger partial charge in [-0.15, -0.1) is 0 Å². The lowest BCUT2D eigenvalue weighted by atomic mass is 9.86. The molecule has 2 atom stereocenters. The lowest BCUT2D eigenvalue weighted by Gasteiger charge is -2.27. The number of ether oxygens (including phenoxy) is 1. The molecule has 6 nitrogen and oxygen atoms in total. The van der Waals surface area contributed by atoms with Crippen molar-refractivity contribution in [3.05, 3.63) is 24.3 Å². The number of aliphatic carboxylic acids is 1. The van der Waals surface area contributed by atoms with Gasteiger partial charge in [-0.3, -0.25) is 4.79 Å². The summed E-state index contributed by atoms with van der Waals surface area (Å²) in [4.78, 5) is 10.6. The van der Waals surface area contributed by atoms with E-state index in [1.807, 2.05) is 0 Å². The highest BCUT2D eigenvalue weighted by molar-refractivity contribution is 7.89. The van der Waals surface area contributed by atoms with Crippen LogP contribution in [0, 0.1) is 5.92 Å². The zero-order chi connectivity index (χ0) is 17.0. The molecule has 128 valence electrons. The third-order valence-corrected chi connectivity index (χ3v) is 5.26. The Morgan fingerprint density at radius 2 is 2.00 bits per heavy atom. The van der Waals surface area contributed by atoms with Crippen LogP contribution in [0.4, 0.5) is 8.78 Å². The molecule has 1 aliphatic rings. The van der Waals surface area contributed by atoms with E-state index in [0.717, 1.165) is 12.1 Å². The normalized spacial score (nSPS) is 22.0. The molecule has 1 aliphatic carbocycles. The average Bonchev–Trinajstić information content (AvgIpc) is 2.46. The number of carbonyl (C=O) groups is 1. The van der Waals surface area contributed by atoms with E-state index in [9.17, 15) is 22.0 Å². The van der Waals surface area contributed by atoms with Gasteiger partial charge in [0.2, 0.25) is 10.0 Å². The molecule has 0 aliphatic heterocycles. The van der Waals surface area contributed by atoms with Crippen LogP contribution < -0.4 is 9.46 Å². The number of carboxylic acids is 1. The summed E-state index contributed by atoms with van der Waals surface area (Å²) in [5.74, 6) is -2.01. The number of rotatable bonds is 6.